The molecule has 2 fully saturated rings. The van der Waals surface area contributed by atoms with Gasteiger partial charge in [-0.25, -0.2) is 4.39 Å². The van der Waals surface area contributed by atoms with Gasteiger partial charge in [-0.3, -0.25) is 9.59 Å². The number of nitrogens with one attached hydrogen (secondary N) is 1. The van der Waals surface area contributed by atoms with Gasteiger partial charge in [-0.05, 0) is 73.4 Å². The number of carboxylic acids is 1. The second kappa shape index (κ2) is 8.99. The molecule has 0 heterocycles. The van der Waals surface area contributed by atoms with E-state index >= 15 is 0 Å². The Hall–Kier alpha value is -2.40. The summed E-state index contributed by atoms with van der Waals surface area (Å²) in [6.45, 7) is 0. The fraction of sp³-hybridized carbons (Fsp3) is 0.440. The second-order valence-electron chi connectivity index (χ2n) is 8.99. The van der Waals surface area contributed by atoms with Crippen molar-refractivity contribution in [2.75, 3.05) is 5.32 Å². The molecule has 0 spiro atoms. The van der Waals surface area contributed by atoms with Gasteiger partial charge in [0.2, 0.25) is 5.91 Å². The third-order valence-electron chi connectivity index (χ3n) is 6.98. The SMILES string of the molecule is O=C(Nc1cc(CC2(C(=O)O)CCC2)ccc1F)[C@@H](c1ccc(Cl)cc1)C1CCCC1. The number of carboxylic acid groups (broad SMARTS) is 1. The van der Waals surface area contributed by atoms with E-state index in [9.17, 15) is 19.1 Å². The van der Waals surface area contributed by atoms with Crippen LogP contribution in [0.25, 0.3) is 0 Å². The fourth-order valence-electron chi connectivity index (χ4n) is 5.05. The number of carbonyl (C=O) groups excluding carboxylic acids is 1. The summed E-state index contributed by atoms with van der Waals surface area (Å²) in [5, 5.41) is 13.0. The molecule has 2 aromatic rings. The highest BCUT2D eigenvalue weighted by Crippen LogP contribution is 2.44. The number of hydrogen-bond donors (Lipinski definition) is 2. The Morgan fingerprint density at radius 2 is 1.77 bits per heavy atom. The molecule has 4 nitrogen and oxygen atoms in total. The number of amides is 1. The number of rotatable bonds is 7. The van der Waals surface area contributed by atoms with E-state index in [0.29, 0.717) is 24.3 Å². The molecule has 0 bridgehead atoms. The summed E-state index contributed by atoms with van der Waals surface area (Å²) in [5.41, 5.74) is 0.945. The first-order chi connectivity index (χ1) is 14.9. The molecule has 0 saturated heterocycles. The second-order valence-corrected chi connectivity index (χ2v) is 9.43. The van der Waals surface area contributed by atoms with Gasteiger partial charge in [-0.1, -0.05) is 49.1 Å². The van der Waals surface area contributed by atoms with E-state index in [1.807, 2.05) is 12.1 Å². The van der Waals surface area contributed by atoms with Crippen molar-refractivity contribution in [2.45, 2.75) is 57.3 Å². The Bertz CT molecular complexity index is 965. The molecular weight excluding hydrogens is 417 g/mol. The van der Waals surface area contributed by atoms with Gasteiger partial charge >= 0.3 is 5.97 Å². The smallest absolute Gasteiger partial charge is 0.309 e. The highest BCUT2D eigenvalue weighted by Gasteiger charge is 2.44. The Morgan fingerprint density at radius 3 is 2.35 bits per heavy atom. The molecule has 0 unspecified atom stereocenters. The topological polar surface area (TPSA) is 66.4 Å². The highest BCUT2D eigenvalue weighted by molar-refractivity contribution is 6.30. The van der Waals surface area contributed by atoms with Gasteiger partial charge in [-0.15, -0.1) is 0 Å². The van der Waals surface area contributed by atoms with Crippen molar-refractivity contribution in [2.24, 2.45) is 11.3 Å². The van der Waals surface area contributed by atoms with Gasteiger partial charge in [0.25, 0.3) is 0 Å². The average molecular weight is 444 g/mol. The van der Waals surface area contributed by atoms with Crippen molar-refractivity contribution in [1.82, 2.24) is 0 Å². The standard InChI is InChI=1S/C25H27ClFNO3/c26-19-9-7-18(8-10-19)22(17-4-1-2-5-17)23(29)28-21-14-16(6-11-20(21)27)15-25(24(30)31)12-3-13-25/h6-11,14,17,22H,1-5,12-13,15H2,(H,28,29)(H,30,31)/t22-/m1/s1. The number of hydrogen-bond acceptors (Lipinski definition) is 2. The van der Waals surface area contributed by atoms with E-state index in [4.69, 9.17) is 11.6 Å². The quantitative estimate of drug-likeness (QED) is 0.536. The lowest BCUT2D eigenvalue weighted by Crippen LogP contribution is -2.39. The summed E-state index contributed by atoms with van der Waals surface area (Å²) in [7, 11) is 0. The van der Waals surface area contributed by atoms with Crippen LogP contribution >= 0.6 is 11.6 Å². The van der Waals surface area contributed by atoms with Crippen LogP contribution in [0.1, 0.15) is 62.0 Å². The third-order valence-corrected chi connectivity index (χ3v) is 7.23. The van der Waals surface area contributed by atoms with Crippen LogP contribution in [0, 0.1) is 17.2 Å². The van der Waals surface area contributed by atoms with Gasteiger partial charge < -0.3 is 10.4 Å². The van der Waals surface area contributed by atoms with Crippen molar-refractivity contribution in [3.8, 4) is 0 Å². The van der Waals surface area contributed by atoms with Crippen molar-refractivity contribution in [3.63, 3.8) is 0 Å². The van der Waals surface area contributed by atoms with Crippen LogP contribution in [-0.2, 0) is 16.0 Å². The van der Waals surface area contributed by atoms with Gasteiger partial charge in [0.05, 0.1) is 17.0 Å². The lowest BCUT2D eigenvalue weighted by molar-refractivity contribution is -0.154. The zero-order valence-electron chi connectivity index (χ0n) is 17.4. The molecular formula is C25H27ClFNO3. The molecule has 0 aliphatic heterocycles. The van der Waals surface area contributed by atoms with Crippen molar-refractivity contribution in [1.29, 1.82) is 0 Å². The molecule has 6 heteroatoms. The molecule has 2 saturated carbocycles. The van der Waals surface area contributed by atoms with E-state index in [-0.39, 0.29) is 23.4 Å². The summed E-state index contributed by atoms with van der Waals surface area (Å²) in [6, 6.07) is 11.8. The Labute approximate surface area is 186 Å². The minimum atomic E-state index is -0.808. The summed E-state index contributed by atoms with van der Waals surface area (Å²) in [4.78, 5) is 25.0. The number of halogens is 2. The molecule has 2 aliphatic carbocycles. The van der Waals surface area contributed by atoms with Crippen LogP contribution in [0.2, 0.25) is 5.02 Å². The minimum absolute atomic E-state index is 0.110. The molecule has 0 aromatic heterocycles. The largest absolute Gasteiger partial charge is 0.481 e. The Kier molecular flexibility index (Phi) is 6.33. The van der Waals surface area contributed by atoms with Crippen LogP contribution < -0.4 is 5.32 Å². The predicted molar refractivity (Wildman–Crippen MR) is 119 cm³/mol. The number of carbonyl (C=O) groups is 2. The van der Waals surface area contributed by atoms with Crippen molar-refractivity contribution < 1.29 is 19.1 Å². The maximum absolute atomic E-state index is 14.6. The van der Waals surface area contributed by atoms with E-state index < -0.39 is 17.2 Å². The van der Waals surface area contributed by atoms with Gasteiger partial charge in [0.1, 0.15) is 5.82 Å². The fourth-order valence-corrected chi connectivity index (χ4v) is 5.17. The van der Waals surface area contributed by atoms with Gasteiger partial charge in [0.15, 0.2) is 0 Å². The molecule has 2 aromatic carbocycles. The monoisotopic (exact) mass is 443 g/mol. The van der Waals surface area contributed by atoms with E-state index in [1.165, 1.54) is 6.07 Å². The predicted octanol–water partition coefficient (Wildman–Crippen LogP) is 6.19. The normalized spacial score (nSPS) is 18.9. The summed E-state index contributed by atoms with van der Waals surface area (Å²) in [6.07, 6.45) is 6.58. The van der Waals surface area contributed by atoms with Crippen molar-refractivity contribution in [3.05, 3.63) is 64.4 Å². The maximum Gasteiger partial charge on any atom is 0.309 e. The van der Waals surface area contributed by atoms with Crippen molar-refractivity contribution >= 4 is 29.2 Å². The van der Waals surface area contributed by atoms with Crippen LogP contribution in [0.15, 0.2) is 42.5 Å². The number of benzene rings is 2. The number of aliphatic carboxylic acids is 1. The molecule has 4 rings (SSSR count). The lowest BCUT2D eigenvalue weighted by Gasteiger charge is -2.37. The average Bonchev–Trinajstić information content (AvgIpc) is 3.22. The van der Waals surface area contributed by atoms with Crippen LogP contribution in [-0.4, -0.2) is 17.0 Å². The molecule has 0 radical (unpaired) electrons. The van der Waals surface area contributed by atoms with E-state index in [0.717, 1.165) is 43.2 Å². The molecule has 31 heavy (non-hydrogen) atoms. The zero-order chi connectivity index (χ0) is 22.0. The molecule has 2 N–H and O–H groups in total. The zero-order valence-corrected chi connectivity index (χ0v) is 18.1. The molecule has 1 atom stereocenters. The first-order valence-electron chi connectivity index (χ1n) is 11.0. The highest BCUT2D eigenvalue weighted by atomic mass is 35.5. The minimum Gasteiger partial charge on any atom is -0.481 e. The summed E-state index contributed by atoms with van der Waals surface area (Å²) >= 11 is 6.02. The summed E-state index contributed by atoms with van der Waals surface area (Å²) < 4.78 is 14.6. The molecule has 164 valence electrons. The van der Waals surface area contributed by atoms with Gasteiger partial charge in [-0.2, -0.15) is 0 Å². The Balaban J connectivity index is 1.57. The first-order valence-corrected chi connectivity index (χ1v) is 11.3. The lowest BCUT2D eigenvalue weighted by atomic mass is 9.65. The first kappa shape index (κ1) is 21.8. The third kappa shape index (κ3) is 4.62. The summed E-state index contributed by atoms with van der Waals surface area (Å²) in [5.74, 6) is -1.73. The molecule has 1 amide bonds. The van der Waals surface area contributed by atoms with Crippen LogP contribution in [0.5, 0.6) is 0 Å². The number of anilines is 1. The van der Waals surface area contributed by atoms with Gasteiger partial charge in [0, 0.05) is 5.02 Å². The maximum atomic E-state index is 14.6. The Morgan fingerprint density at radius 1 is 1.10 bits per heavy atom. The van der Waals surface area contributed by atoms with E-state index in [1.54, 1.807) is 24.3 Å². The molecule has 2 aliphatic rings. The van der Waals surface area contributed by atoms with E-state index in [2.05, 4.69) is 5.32 Å². The van der Waals surface area contributed by atoms with Crippen LogP contribution in [0.3, 0.4) is 0 Å². The van der Waals surface area contributed by atoms with Crippen LogP contribution in [0.4, 0.5) is 10.1 Å².